The van der Waals surface area contributed by atoms with E-state index in [0.29, 0.717) is 27.3 Å². The molecule has 1 aromatic carbocycles. The van der Waals surface area contributed by atoms with Gasteiger partial charge in [0, 0.05) is 18.8 Å². The molecule has 0 fully saturated rings. The van der Waals surface area contributed by atoms with Crippen LogP contribution in [-0.2, 0) is 28.9 Å². The minimum Gasteiger partial charge on any atom is -0.265 e. The Balaban J connectivity index is 1.72. The lowest BCUT2D eigenvalue weighted by molar-refractivity contribution is -0.271. The summed E-state index contributed by atoms with van der Waals surface area (Å²) in [5, 5.41) is 4.79. The standard InChI is InChI=1S/C18H14F3N5O3S/c1-28-29-7-4-11-15-16(23-6-5-22-15)17(27)26(25-11)9-14-24-12-8-10(18(19,20)21)2-3-13(12)30-14/h2-3,5-6,8H,4,7,9H2,1H3. The molecule has 0 unspecified atom stereocenters. The highest BCUT2D eigenvalue weighted by molar-refractivity contribution is 7.18. The maximum Gasteiger partial charge on any atom is 0.416 e. The van der Waals surface area contributed by atoms with Crippen LogP contribution >= 0.6 is 11.3 Å². The number of hydrogen-bond donors (Lipinski definition) is 0. The Bertz CT molecular complexity index is 1270. The van der Waals surface area contributed by atoms with Gasteiger partial charge in [0.2, 0.25) is 0 Å². The van der Waals surface area contributed by atoms with Crippen molar-refractivity contribution < 1.29 is 22.9 Å². The fourth-order valence-corrected chi connectivity index (χ4v) is 3.84. The Kier molecular flexibility index (Phi) is 5.45. The molecule has 0 aliphatic rings. The average Bonchev–Trinajstić information content (AvgIpc) is 3.12. The van der Waals surface area contributed by atoms with E-state index in [4.69, 9.17) is 4.89 Å². The van der Waals surface area contributed by atoms with E-state index < -0.39 is 17.3 Å². The Morgan fingerprint density at radius 1 is 1.17 bits per heavy atom. The zero-order chi connectivity index (χ0) is 21.3. The first-order chi connectivity index (χ1) is 14.4. The Hall–Kier alpha value is -2.96. The van der Waals surface area contributed by atoms with Gasteiger partial charge in [0.1, 0.15) is 10.5 Å². The molecule has 0 amide bonds. The molecule has 0 N–H and O–H groups in total. The van der Waals surface area contributed by atoms with Gasteiger partial charge in [0.25, 0.3) is 5.56 Å². The van der Waals surface area contributed by atoms with Gasteiger partial charge < -0.3 is 0 Å². The predicted octanol–water partition coefficient (Wildman–Crippen LogP) is 2.98. The molecule has 8 nitrogen and oxygen atoms in total. The van der Waals surface area contributed by atoms with Crippen LogP contribution in [0.5, 0.6) is 0 Å². The normalized spacial score (nSPS) is 12.1. The summed E-state index contributed by atoms with van der Waals surface area (Å²) in [6.45, 7) is 0.179. The molecular weight excluding hydrogens is 423 g/mol. The summed E-state index contributed by atoms with van der Waals surface area (Å²) in [6, 6.07) is 3.37. The lowest BCUT2D eigenvalue weighted by Gasteiger charge is -2.08. The number of thiazole rings is 1. The van der Waals surface area contributed by atoms with Crippen molar-refractivity contribution in [3.05, 3.63) is 57.2 Å². The molecule has 0 bridgehead atoms. The van der Waals surface area contributed by atoms with Crippen LogP contribution in [0.25, 0.3) is 21.3 Å². The van der Waals surface area contributed by atoms with Crippen molar-refractivity contribution >= 4 is 32.6 Å². The number of alkyl halides is 3. The van der Waals surface area contributed by atoms with Gasteiger partial charge >= 0.3 is 6.18 Å². The van der Waals surface area contributed by atoms with Crippen LogP contribution in [0.15, 0.2) is 35.4 Å². The SMILES string of the molecule is COOCCc1nn(Cc2nc3cc(C(F)(F)F)ccc3s2)c(=O)c2nccnc12. The van der Waals surface area contributed by atoms with Crippen LogP contribution in [0.1, 0.15) is 16.3 Å². The van der Waals surface area contributed by atoms with Gasteiger partial charge in [-0.1, -0.05) is 0 Å². The van der Waals surface area contributed by atoms with Gasteiger partial charge in [0.05, 0.1) is 41.7 Å². The van der Waals surface area contributed by atoms with Crippen LogP contribution in [0, 0.1) is 0 Å². The fourth-order valence-electron chi connectivity index (χ4n) is 2.91. The van der Waals surface area contributed by atoms with Gasteiger partial charge in [-0.25, -0.2) is 24.4 Å². The third kappa shape index (κ3) is 4.01. The third-order valence-corrected chi connectivity index (χ3v) is 5.26. The zero-order valence-electron chi connectivity index (χ0n) is 15.5. The molecule has 0 saturated heterocycles. The third-order valence-electron chi connectivity index (χ3n) is 4.23. The second-order valence-corrected chi connectivity index (χ2v) is 7.30. The van der Waals surface area contributed by atoms with E-state index in [9.17, 15) is 18.0 Å². The van der Waals surface area contributed by atoms with Crippen LogP contribution in [-0.4, -0.2) is 38.4 Å². The van der Waals surface area contributed by atoms with E-state index >= 15 is 0 Å². The highest BCUT2D eigenvalue weighted by atomic mass is 32.1. The molecule has 30 heavy (non-hydrogen) atoms. The summed E-state index contributed by atoms with van der Waals surface area (Å²) in [6.07, 6.45) is -1.27. The number of halogens is 3. The molecule has 0 aliphatic carbocycles. The molecule has 4 aromatic rings. The second-order valence-electron chi connectivity index (χ2n) is 6.19. The molecule has 156 valence electrons. The maximum absolute atomic E-state index is 12.9. The molecule has 4 rings (SSSR count). The molecule has 0 aliphatic heterocycles. The number of hydrogen-bond acceptors (Lipinski definition) is 8. The molecule has 12 heteroatoms. The second kappa shape index (κ2) is 8.05. The zero-order valence-corrected chi connectivity index (χ0v) is 16.3. The van der Waals surface area contributed by atoms with Crippen LogP contribution < -0.4 is 5.56 Å². The predicted molar refractivity (Wildman–Crippen MR) is 102 cm³/mol. The number of benzene rings is 1. The highest BCUT2D eigenvalue weighted by Crippen LogP contribution is 2.33. The van der Waals surface area contributed by atoms with Gasteiger partial charge in [-0.05, 0) is 18.2 Å². The maximum atomic E-state index is 12.9. The Morgan fingerprint density at radius 3 is 2.67 bits per heavy atom. The van der Waals surface area contributed by atoms with Gasteiger partial charge in [-0.3, -0.25) is 9.78 Å². The first-order valence-corrected chi connectivity index (χ1v) is 9.51. The smallest absolute Gasteiger partial charge is 0.265 e. The van der Waals surface area contributed by atoms with Gasteiger partial charge in [-0.15, -0.1) is 11.3 Å². The van der Waals surface area contributed by atoms with Crippen molar-refractivity contribution in [2.24, 2.45) is 0 Å². The highest BCUT2D eigenvalue weighted by Gasteiger charge is 2.30. The lowest BCUT2D eigenvalue weighted by Crippen LogP contribution is -2.26. The minimum atomic E-state index is -4.45. The van der Waals surface area contributed by atoms with E-state index in [-0.39, 0.29) is 24.2 Å². The number of rotatable bonds is 6. The summed E-state index contributed by atoms with van der Waals surface area (Å²) in [5.41, 5.74) is -0.0475. The molecule has 3 aromatic heterocycles. The average molecular weight is 437 g/mol. The molecule has 3 heterocycles. The van der Waals surface area contributed by atoms with Crippen molar-refractivity contribution in [1.29, 1.82) is 0 Å². The number of aromatic nitrogens is 5. The molecule has 0 atom stereocenters. The Morgan fingerprint density at radius 2 is 1.93 bits per heavy atom. The van der Waals surface area contributed by atoms with E-state index in [0.717, 1.165) is 12.1 Å². The quantitative estimate of drug-likeness (QED) is 0.260. The van der Waals surface area contributed by atoms with Crippen molar-refractivity contribution in [2.45, 2.75) is 19.1 Å². The summed E-state index contributed by atoms with van der Waals surface area (Å²) >= 11 is 1.19. The van der Waals surface area contributed by atoms with Crippen LogP contribution in [0.4, 0.5) is 13.2 Å². The van der Waals surface area contributed by atoms with Crippen LogP contribution in [0.2, 0.25) is 0 Å². The van der Waals surface area contributed by atoms with Crippen molar-refractivity contribution in [1.82, 2.24) is 24.7 Å². The lowest BCUT2D eigenvalue weighted by atomic mass is 10.2. The van der Waals surface area contributed by atoms with Gasteiger partial charge in [-0.2, -0.15) is 18.3 Å². The van der Waals surface area contributed by atoms with E-state index in [1.54, 1.807) is 0 Å². The van der Waals surface area contributed by atoms with Crippen molar-refractivity contribution in [3.8, 4) is 0 Å². The molecule has 0 radical (unpaired) electrons. The monoisotopic (exact) mass is 437 g/mol. The number of fused-ring (bicyclic) bond motifs is 2. The van der Waals surface area contributed by atoms with Crippen LogP contribution in [0.3, 0.4) is 0 Å². The van der Waals surface area contributed by atoms with E-state index in [1.807, 2.05) is 0 Å². The van der Waals surface area contributed by atoms with Crippen molar-refractivity contribution in [3.63, 3.8) is 0 Å². The molecule has 0 saturated carbocycles. The van der Waals surface area contributed by atoms with E-state index in [1.165, 1.54) is 41.6 Å². The van der Waals surface area contributed by atoms with Crippen molar-refractivity contribution in [2.75, 3.05) is 13.7 Å². The largest absolute Gasteiger partial charge is 0.416 e. The minimum absolute atomic E-state index is 0.00974. The Labute approximate surface area is 170 Å². The summed E-state index contributed by atoms with van der Waals surface area (Å²) in [5.74, 6) is 0. The molecule has 0 spiro atoms. The fraction of sp³-hybridized carbons (Fsp3) is 0.278. The summed E-state index contributed by atoms with van der Waals surface area (Å²) in [4.78, 5) is 34.8. The topological polar surface area (TPSA) is 92.0 Å². The van der Waals surface area contributed by atoms with E-state index in [2.05, 4.69) is 24.9 Å². The first-order valence-electron chi connectivity index (χ1n) is 8.70. The summed E-state index contributed by atoms with van der Waals surface area (Å²) < 4.78 is 40.6. The molecular formula is C18H14F3N5O3S. The summed E-state index contributed by atoms with van der Waals surface area (Å²) in [7, 11) is 1.38. The first kappa shape index (κ1) is 20.3. The van der Waals surface area contributed by atoms with Gasteiger partial charge in [0.15, 0.2) is 5.52 Å². The number of nitrogens with zero attached hydrogens (tertiary/aromatic N) is 5.